The lowest BCUT2D eigenvalue weighted by Gasteiger charge is -2.15. The Bertz CT molecular complexity index is 632. The van der Waals surface area contributed by atoms with E-state index in [1.165, 1.54) is 135 Å². The Kier molecular flexibility index (Phi) is 35.0. The third-order valence-corrected chi connectivity index (χ3v) is 8.56. The highest BCUT2D eigenvalue weighted by Crippen LogP contribution is 2.14. The minimum atomic E-state index is -0.768. The van der Waals surface area contributed by atoms with Gasteiger partial charge in [0, 0.05) is 12.8 Å². The Balaban J connectivity index is 3.53. The van der Waals surface area contributed by atoms with Crippen molar-refractivity contribution >= 4 is 11.9 Å². The number of hydrogen-bond acceptors (Lipinski definition) is 5. The van der Waals surface area contributed by atoms with Crippen molar-refractivity contribution in [1.29, 1.82) is 0 Å². The SMILES string of the molecule is CCCCCCCC/C=C\CCCCCCCC(=O)O[C@H](CO)COC(=O)CCCCCCCCCCCCCCCCC. The molecule has 5 nitrogen and oxygen atoms in total. The molecule has 0 radical (unpaired) electrons. The van der Waals surface area contributed by atoms with Crippen LogP contribution in [0.2, 0.25) is 0 Å². The number of carbonyl (C=O) groups excluding carboxylic acids is 2. The van der Waals surface area contributed by atoms with E-state index in [4.69, 9.17) is 9.47 Å². The van der Waals surface area contributed by atoms with Gasteiger partial charge in [0.05, 0.1) is 6.61 Å². The number of ether oxygens (including phenoxy) is 2. The van der Waals surface area contributed by atoms with Gasteiger partial charge in [-0.15, -0.1) is 0 Å². The molecular weight excluding hydrogens is 548 g/mol. The molecule has 0 aliphatic rings. The molecule has 0 heterocycles. The Morgan fingerprint density at radius 3 is 1.23 bits per heavy atom. The van der Waals surface area contributed by atoms with Gasteiger partial charge in [0.15, 0.2) is 6.10 Å². The van der Waals surface area contributed by atoms with E-state index in [1.807, 2.05) is 0 Å². The van der Waals surface area contributed by atoms with Gasteiger partial charge in [-0.3, -0.25) is 9.59 Å². The predicted octanol–water partition coefficient (Wildman–Crippen LogP) is 11.7. The maximum absolute atomic E-state index is 12.1. The highest BCUT2D eigenvalue weighted by Gasteiger charge is 2.16. The van der Waals surface area contributed by atoms with Crippen molar-refractivity contribution in [2.24, 2.45) is 0 Å². The second kappa shape index (κ2) is 36.1. The van der Waals surface area contributed by atoms with Crippen molar-refractivity contribution in [3.63, 3.8) is 0 Å². The minimum absolute atomic E-state index is 0.0633. The van der Waals surface area contributed by atoms with E-state index in [0.717, 1.165) is 44.9 Å². The molecule has 0 saturated heterocycles. The van der Waals surface area contributed by atoms with Crippen molar-refractivity contribution < 1.29 is 24.2 Å². The fraction of sp³-hybridized carbons (Fsp3) is 0.897. The summed E-state index contributed by atoms with van der Waals surface area (Å²) in [6.07, 6.45) is 39.8. The average Bonchev–Trinajstić information content (AvgIpc) is 3.02. The van der Waals surface area contributed by atoms with Gasteiger partial charge in [0.2, 0.25) is 0 Å². The molecule has 1 atom stereocenters. The van der Waals surface area contributed by atoms with Gasteiger partial charge in [-0.2, -0.15) is 0 Å². The van der Waals surface area contributed by atoms with Crippen molar-refractivity contribution in [2.45, 2.75) is 213 Å². The molecule has 0 spiro atoms. The monoisotopic (exact) mass is 623 g/mol. The van der Waals surface area contributed by atoms with Crippen LogP contribution in [0.1, 0.15) is 206 Å². The summed E-state index contributed by atoms with van der Waals surface area (Å²) in [5.74, 6) is -0.591. The van der Waals surface area contributed by atoms with Crippen LogP contribution in [0.5, 0.6) is 0 Å². The molecule has 0 amide bonds. The number of carbonyl (C=O) groups is 2. The van der Waals surface area contributed by atoms with Crippen LogP contribution in [-0.2, 0) is 19.1 Å². The van der Waals surface area contributed by atoms with Gasteiger partial charge in [-0.05, 0) is 38.5 Å². The van der Waals surface area contributed by atoms with E-state index in [-0.39, 0.29) is 25.2 Å². The van der Waals surface area contributed by atoms with Gasteiger partial charge in [-0.1, -0.05) is 167 Å². The molecule has 0 saturated carbocycles. The Morgan fingerprint density at radius 2 is 0.841 bits per heavy atom. The topological polar surface area (TPSA) is 72.8 Å². The summed E-state index contributed by atoms with van der Waals surface area (Å²) in [4.78, 5) is 24.2. The minimum Gasteiger partial charge on any atom is -0.462 e. The number of unbranched alkanes of at least 4 members (excludes halogenated alkanes) is 25. The van der Waals surface area contributed by atoms with Gasteiger partial charge in [0.25, 0.3) is 0 Å². The zero-order valence-corrected chi connectivity index (χ0v) is 29.4. The molecule has 0 aliphatic heterocycles. The van der Waals surface area contributed by atoms with Crippen LogP contribution in [0.3, 0.4) is 0 Å². The average molecular weight is 623 g/mol. The maximum Gasteiger partial charge on any atom is 0.306 e. The van der Waals surface area contributed by atoms with Crippen LogP contribution in [0.4, 0.5) is 0 Å². The number of rotatable bonds is 35. The van der Waals surface area contributed by atoms with Crippen LogP contribution in [0.15, 0.2) is 12.2 Å². The molecular formula is C39H74O5. The first-order valence-electron chi connectivity index (χ1n) is 19.2. The summed E-state index contributed by atoms with van der Waals surface area (Å²) in [5, 5.41) is 9.53. The third kappa shape index (κ3) is 33.5. The van der Waals surface area contributed by atoms with Crippen LogP contribution >= 0.6 is 0 Å². The number of esters is 2. The summed E-state index contributed by atoms with van der Waals surface area (Å²) in [6.45, 7) is 4.14. The summed E-state index contributed by atoms with van der Waals surface area (Å²) in [6, 6.07) is 0. The molecule has 0 aromatic carbocycles. The molecule has 0 bridgehead atoms. The molecule has 0 aromatic heterocycles. The van der Waals surface area contributed by atoms with Gasteiger partial charge >= 0.3 is 11.9 Å². The molecule has 44 heavy (non-hydrogen) atoms. The standard InChI is InChI=1S/C39H74O5/c1-3-5-7-9-11-13-15-17-19-21-23-25-27-29-31-33-38(41)43-36-37(35-40)44-39(42)34-32-30-28-26-24-22-20-18-16-14-12-10-8-6-4-2/h18,20,37,40H,3-17,19,21-36H2,1-2H3/b20-18-/t37-/m1/s1. The zero-order valence-electron chi connectivity index (χ0n) is 29.4. The zero-order chi connectivity index (χ0) is 32.2. The smallest absolute Gasteiger partial charge is 0.306 e. The molecule has 0 aromatic rings. The second-order valence-electron chi connectivity index (χ2n) is 13.0. The Labute approximate surface area is 273 Å². The largest absolute Gasteiger partial charge is 0.462 e. The third-order valence-electron chi connectivity index (χ3n) is 8.56. The van der Waals surface area contributed by atoms with Crippen molar-refractivity contribution in [2.75, 3.05) is 13.2 Å². The molecule has 1 N–H and O–H groups in total. The highest BCUT2D eigenvalue weighted by molar-refractivity contribution is 5.70. The maximum atomic E-state index is 12.1. The van der Waals surface area contributed by atoms with Crippen molar-refractivity contribution in [3.05, 3.63) is 12.2 Å². The first kappa shape index (κ1) is 42.6. The molecule has 0 fully saturated rings. The molecule has 5 heteroatoms. The van der Waals surface area contributed by atoms with E-state index >= 15 is 0 Å². The quantitative estimate of drug-likeness (QED) is 0.0432. The van der Waals surface area contributed by atoms with Gasteiger partial charge in [0.1, 0.15) is 6.61 Å². The molecule has 0 rings (SSSR count). The van der Waals surface area contributed by atoms with Gasteiger partial charge < -0.3 is 14.6 Å². The number of aliphatic hydroxyl groups excluding tert-OH is 1. The summed E-state index contributed by atoms with van der Waals surface area (Å²) in [7, 11) is 0. The lowest BCUT2D eigenvalue weighted by atomic mass is 10.0. The fourth-order valence-electron chi connectivity index (χ4n) is 5.61. The summed E-state index contributed by atoms with van der Waals surface area (Å²) in [5.41, 5.74) is 0. The van der Waals surface area contributed by atoms with Crippen LogP contribution in [0, 0.1) is 0 Å². The number of aliphatic hydroxyl groups is 1. The van der Waals surface area contributed by atoms with Crippen LogP contribution in [-0.4, -0.2) is 36.4 Å². The van der Waals surface area contributed by atoms with E-state index < -0.39 is 6.10 Å². The van der Waals surface area contributed by atoms with Gasteiger partial charge in [-0.25, -0.2) is 0 Å². The van der Waals surface area contributed by atoms with E-state index in [9.17, 15) is 14.7 Å². The second-order valence-corrected chi connectivity index (χ2v) is 13.0. The lowest BCUT2D eigenvalue weighted by Crippen LogP contribution is -2.28. The Morgan fingerprint density at radius 1 is 0.500 bits per heavy atom. The molecule has 0 aliphatic carbocycles. The van der Waals surface area contributed by atoms with E-state index in [0.29, 0.717) is 12.8 Å². The molecule has 0 unspecified atom stereocenters. The summed E-state index contributed by atoms with van der Waals surface area (Å²) < 4.78 is 10.6. The predicted molar refractivity (Wildman–Crippen MR) is 187 cm³/mol. The van der Waals surface area contributed by atoms with E-state index in [1.54, 1.807) is 0 Å². The number of allylic oxidation sites excluding steroid dienone is 2. The summed E-state index contributed by atoms with van der Waals surface area (Å²) >= 11 is 0. The van der Waals surface area contributed by atoms with Crippen molar-refractivity contribution in [3.8, 4) is 0 Å². The number of hydrogen-bond donors (Lipinski definition) is 1. The van der Waals surface area contributed by atoms with Crippen molar-refractivity contribution in [1.82, 2.24) is 0 Å². The van der Waals surface area contributed by atoms with Crippen LogP contribution in [0.25, 0.3) is 0 Å². The lowest BCUT2D eigenvalue weighted by molar-refractivity contribution is -0.161. The molecule has 260 valence electrons. The normalized spacial score (nSPS) is 12.2. The first-order chi connectivity index (χ1) is 21.6. The van der Waals surface area contributed by atoms with Crippen LogP contribution < -0.4 is 0 Å². The van der Waals surface area contributed by atoms with E-state index in [2.05, 4.69) is 26.0 Å². The Hall–Kier alpha value is -1.36. The first-order valence-corrected chi connectivity index (χ1v) is 19.2. The fourth-order valence-corrected chi connectivity index (χ4v) is 5.61. The highest BCUT2D eigenvalue weighted by atomic mass is 16.6.